The predicted octanol–water partition coefficient (Wildman–Crippen LogP) is 3.06. The van der Waals surface area contributed by atoms with E-state index in [1.807, 2.05) is 30.3 Å². The molecule has 2 aromatic rings. The van der Waals surface area contributed by atoms with Gasteiger partial charge in [0.2, 0.25) is 5.91 Å². The first-order valence-electron chi connectivity index (χ1n) is 6.33. The molecular formula is C16H16ClNO2. The van der Waals surface area contributed by atoms with Gasteiger partial charge in [0, 0.05) is 11.9 Å². The number of aliphatic hydroxyl groups excluding tert-OH is 1. The maximum Gasteiger partial charge on any atom is 0.217 e. The second-order valence-electron chi connectivity index (χ2n) is 4.55. The van der Waals surface area contributed by atoms with Crippen LogP contribution in [-0.2, 0) is 11.4 Å². The van der Waals surface area contributed by atoms with E-state index in [1.54, 1.807) is 18.2 Å². The van der Waals surface area contributed by atoms with Crippen LogP contribution in [0.15, 0.2) is 48.5 Å². The molecule has 1 unspecified atom stereocenters. The molecule has 0 aliphatic rings. The Bertz CT molecular complexity index is 599. The zero-order valence-electron chi connectivity index (χ0n) is 11.1. The van der Waals surface area contributed by atoms with Crippen molar-refractivity contribution < 1.29 is 9.90 Å². The number of nitrogens with one attached hydrogen (secondary N) is 1. The van der Waals surface area contributed by atoms with E-state index in [1.165, 1.54) is 6.92 Å². The molecule has 1 atom stereocenters. The molecule has 0 aromatic heterocycles. The van der Waals surface area contributed by atoms with Crippen molar-refractivity contribution in [3.8, 4) is 0 Å². The van der Waals surface area contributed by atoms with Crippen LogP contribution in [0.4, 0.5) is 0 Å². The number of hydrogen-bond acceptors (Lipinski definition) is 2. The lowest BCUT2D eigenvalue weighted by Gasteiger charge is -2.21. The van der Waals surface area contributed by atoms with Gasteiger partial charge < -0.3 is 10.4 Å². The minimum atomic E-state index is -0.324. The molecule has 2 rings (SSSR count). The van der Waals surface area contributed by atoms with E-state index in [2.05, 4.69) is 5.32 Å². The number of benzene rings is 2. The molecular weight excluding hydrogens is 274 g/mol. The lowest BCUT2D eigenvalue weighted by atomic mass is 9.94. The summed E-state index contributed by atoms with van der Waals surface area (Å²) in [6.45, 7) is 1.37. The molecule has 104 valence electrons. The van der Waals surface area contributed by atoms with Gasteiger partial charge in [-0.3, -0.25) is 4.79 Å². The molecule has 0 saturated heterocycles. The van der Waals surface area contributed by atoms with Gasteiger partial charge in [0.15, 0.2) is 0 Å². The van der Waals surface area contributed by atoms with E-state index in [9.17, 15) is 9.90 Å². The van der Waals surface area contributed by atoms with E-state index in [-0.39, 0.29) is 18.6 Å². The molecule has 0 bridgehead atoms. The van der Waals surface area contributed by atoms with Crippen molar-refractivity contribution in [2.24, 2.45) is 0 Å². The zero-order chi connectivity index (χ0) is 14.5. The van der Waals surface area contributed by atoms with E-state index in [4.69, 9.17) is 11.6 Å². The molecule has 0 spiro atoms. The highest BCUT2D eigenvalue weighted by molar-refractivity contribution is 6.30. The van der Waals surface area contributed by atoms with Crippen molar-refractivity contribution in [3.05, 3.63) is 70.2 Å². The summed E-state index contributed by atoms with van der Waals surface area (Å²) < 4.78 is 0. The maximum absolute atomic E-state index is 11.5. The number of hydrogen-bond donors (Lipinski definition) is 2. The van der Waals surface area contributed by atoms with Gasteiger partial charge in [0.05, 0.1) is 12.6 Å². The van der Waals surface area contributed by atoms with E-state index in [0.717, 1.165) is 16.7 Å². The minimum absolute atomic E-state index is 0.102. The van der Waals surface area contributed by atoms with Crippen LogP contribution >= 0.6 is 11.6 Å². The van der Waals surface area contributed by atoms with Crippen molar-refractivity contribution in [2.75, 3.05) is 0 Å². The summed E-state index contributed by atoms with van der Waals surface area (Å²) in [5.74, 6) is -0.136. The first-order valence-corrected chi connectivity index (χ1v) is 6.71. The van der Waals surface area contributed by atoms with E-state index in [0.29, 0.717) is 5.02 Å². The average molecular weight is 290 g/mol. The fourth-order valence-corrected chi connectivity index (χ4v) is 2.35. The molecule has 0 fully saturated rings. The van der Waals surface area contributed by atoms with Crippen LogP contribution in [0, 0.1) is 0 Å². The van der Waals surface area contributed by atoms with Crippen LogP contribution in [0.1, 0.15) is 29.7 Å². The fourth-order valence-electron chi connectivity index (χ4n) is 2.17. The summed E-state index contributed by atoms with van der Waals surface area (Å²) in [7, 11) is 0. The Morgan fingerprint density at radius 3 is 2.55 bits per heavy atom. The average Bonchev–Trinajstić information content (AvgIpc) is 2.45. The molecule has 0 aliphatic carbocycles. The lowest BCUT2D eigenvalue weighted by Crippen LogP contribution is -2.27. The zero-order valence-corrected chi connectivity index (χ0v) is 11.9. The highest BCUT2D eigenvalue weighted by atomic mass is 35.5. The molecule has 2 aromatic carbocycles. The molecule has 0 heterocycles. The molecule has 0 aliphatic heterocycles. The van der Waals surface area contributed by atoms with E-state index >= 15 is 0 Å². The van der Waals surface area contributed by atoms with Crippen LogP contribution in [0.3, 0.4) is 0 Å². The highest BCUT2D eigenvalue weighted by Gasteiger charge is 2.18. The van der Waals surface area contributed by atoms with Crippen molar-refractivity contribution in [1.82, 2.24) is 5.32 Å². The number of aliphatic hydroxyl groups is 1. The summed E-state index contributed by atoms with van der Waals surface area (Å²) in [6, 6.07) is 14.6. The van der Waals surface area contributed by atoms with Crippen LogP contribution in [0.5, 0.6) is 0 Å². The number of rotatable bonds is 4. The van der Waals surface area contributed by atoms with Gasteiger partial charge in [0.1, 0.15) is 0 Å². The molecule has 2 N–H and O–H groups in total. The third kappa shape index (κ3) is 3.38. The van der Waals surface area contributed by atoms with Crippen LogP contribution in [0.2, 0.25) is 5.02 Å². The van der Waals surface area contributed by atoms with Gasteiger partial charge in [-0.05, 0) is 28.8 Å². The van der Waals surface area contributed by atoms with Crippen molar-refractivity contribution >= 4 is 17.5 Å². The Labute approximate surface area is 123 Å². The monoisotopic (exact) mass is 289 g/mol. The standard InChI is InChI=1S/C16H16ClNO2/c1-11(20)18-16(12-5-3-2-4-6-12)15-9-14(17)8-7-13(15)10-19/h2-9,16,19H,10H2,1H3,(H,18,20). The van der Waals surface area contributed by atoms with Crippen molar-refractivity contribution in [2.45, 2.75) is 19.6 Å². The Morgan fingerprint density at radius 1 is 1.25 bits per heavy atom. The summed E-state index contributed by atoms with van der Waals surface area (Å²) in [4.78, 5) is 11.5. The number of halogens is 1. The fraction of sp³-hybridized carbons (Fsp3) is 0.188. The van der Waals surface area contributed by atoms with Gasteiger partial charge in [-0.2, -0.15) is 0 Å². The third-order valence-corrected chi connectivity index (χ3v) is 3.30. The number of carbonyl (C=O) groups is 1. The van der Waals surface area contributed by atoms with Crippen molar-refractivity contribution in [3.63, 3.8) is 0 Å². The van der Waals surface area contributed by atoms with E-state index < -0.39 is 0 Å². The molecule has 1 amide bonds. The molecule has 4 heteroatoms. The molecule has 3 nitrogen and oxygen atoms in total. The van der Waals surface area contributed by atoms with Crippen LogP contribution < -0.4 is 5.32 Å². The maximum atomic E-state index is 11.5. The molecule has 0 radical (unpaired) electrons. The normalized spacial score (nSPS) is 11.9. The van der Waals surface area contributed by atoms with Gasteiger partial charge in [-0.1, -0.05) is 48.0 Å². The van der Waals surface area contributed by atoms with Crippen LogP contribution in [-0.4, -0.2) is 11.0 Å². The summed E-state index contributed by atoms with van der Waals surface area (Å²) in [5, 5.41) is 13.0. The molecule has 0 saturated carbocycles. The second kappa shape index (κ2) is 6.55. The Balaban J connectivity index is 2.51. The van der Waals surface area contributed by atoms with Gasteiger partial charge in [-0.25, -0.2) is 0 Å². The molecule has 20 heavy (non-hydrogen) atoms. The van der Waals surface area contributed by atoms with Crippen molar-refractivity contribution in [1.29, 1.82) is 0 Å². The summed E-state index contributed by atoms with van der Waals surface area (Å²) in [5.41, 5.74) is 2.50. The Hall–Kier alpha value is -1.84. The third-order valence-electron chi connectivity index (χ3n) is 3.07. The number of amides is 1. The summed E-state index contributed by atoms with van der Waals surface area (Å²) >= 11 is 6.05. The topological polar surface area (TPSA) is 49.3 Å². The van der Waals surface area contributed by atoms with Gasteiger partial charge in [0.25, 0.3) is 0 Å². The smallest absolute Gasteiger partial charge is 0.217 e. The summed E-state index contributed by atoms with van der Waals surface area (Å²) in [6.07, 6.45) is 0. The van der Waals surface area contributed by atoms with Gasteiger partial charge in [-0.15, -0.1) is 0 Å². The SMILES string of the molecule is CC(=O)NC(c1ccccc1)c1cc(Cl)ccc1CO. The first kappa shape index (κ1) is 14.6. The quantitative estimate of drug-likeness (QED) is 0.909. The Morgan fingerprint density at radius 2 is 1.95 bits per heavy atom. The highest BCUT2D eigenvalue weighted by Crippen LogP contribution is 2.28. The van der Waals surface area contributed by atoms with Crippen LogP contribution in [0.25, 0.3) is 0 Å². The minimum Gasteiger partial charge on any atom is -0.392 e. The number of carbonyl (C=O) groups excluding carboxylic acids is 1. The largest absolute Gasteiger partial charge is 0.392 e. The lowest BCUT2D eigenvalue weighted by molar-refractivity contribution is -0.119. The first-order chi connectivity index (χ1) is 9.61. The van der Waals surface area contributed by atoms with Gasteiger partial charge >= 0.3 is 0 Å². The predicted molar refractivity (Wildman–Crippen MR) is 79.5 cm³/mol. The Kier molecular flexibility index (Phi) is 4.77. The second-order valence-corrected chi connectivity index (χ2v) is 4.98.